The SMILES string of the molecule is CCSCCN1CC(C(C)CC)NCC1C(C)C. The van der Waals surface area contributed by atoms with E-state index in [0.29, 0.717) is 6.04 Å². The molecule has 0 aromatic rings. The minimum absolute atomic E-state index is 0.691. The van der Waals surface area contributed by atoms with Gasteiger partial charge in [-0.25, -0.2) is 0 Å². The summed E-state index contributed by atoms with van der Waals surface area (Å²) >= 11 is 2.07. The number of piperazine rings is 1. The highest BCUT2D eigenvalue weighted by Gasteiger charge is 2.31. The molecule has 1 N–H and O–H groups in total. The minimum Gasteiger partial charge on any atom is -0.311 e. The number of nitrogens with zero attached hydrogens (tertiary/aromatic N) is 1. The van der Waals surface area contributed by atoms with Crippen molar-refractivity contribution in [3.8, 4) is 0 Å². The summed E-state index contributed by atoms with van der Waals surface area (Å²) < 4.78 is 0. The third-order valence-corrected chi connectivity index (χ3v) is 5.20. The molecule has 3 heteroatoms. The lowest BCUT2D eigenvalue weighted by Crippen LogP contribution is -2.60. The van der Waals surface area contributed by atoms with Crippen LogP contribution >= 0.6 is 11.8 Å². The maximum Gasteiger partial charge on any atom is 0.0244 e. The molecule has 0 saturated carbocycles. The van der Waals surface area contributed by atoms with Gasteiger partial charge in [0.05, 0.1) is 0 Å². The molecule has 1 aliphatic heterocycles. The Bertz CT molecular complexity index is 221. The van der Waals surface area contributed by atoms with Crippen LogP contribution in [-0.4, -0.2) is 48.1 Å². The zero-order valence-corrected chi connectivity index (χ0v) is 13.7. The zero-order chi connectivity index (χ0) is 13.5. The molecule has 0 aliphatic carbocycles. The summed E-state index contributed by atoms with van der Waals surface area (Å²) in [6.07, 6.45) is 1.28. The molecule has 108 valence electrons. The average Bonchev–Trinajstić information content (AvgIpc) is 2.37. The first-order valence-electron chi connectivity index (χ1n) is 7.65. The van der Waals surface area contributed by atoms with Gasteiger partial charge in [-0.15, -0.1) is 0 Å². The lowest BCUT2D eigenvalue weighted by Gasteiger charge is -2.44. The molecule has 0 amide bonds. The van der Waals surface area contributed by atoms with Crippen LogP contribution in [0.4, 0.5) is 0 Å². The largest absolute Gasteiger partial charge is 0.311 e. The van der Waals surface area contributed by atoms with Gasteiger partial charge in [-0.2, -0.15) is 11.8 Å². The Morgan fingerprint density at radius 3 is 2.56 bits per heavy atom. The lowest BCUT2D eigenvalue weighted by atomic mass is 9.92. The molecule has 0 bridgehead atoms. The highest BCUT2D eigenvalue weighted by Crippen LogP contribution is 2.20. The second-order valence-electron chi connectivity index (χ2n) is 5.90. The fourth-order valence-electron chi connectivity index (χ4n) is 2.76. The van der Waals surface area contributed by atoms with E-state index in [1.165, 1.54) is 37.6 Å². The van der Waals surface area contributed by atoms with Crippen LogP contribution in [0.3, 0.4) is 0 Å². The van der Waals surface area contributed by atoms with E-state index in [0.717, 1.165) is 17.9 Å². The van der Waals surface area contributed by atoms with Gasteiger partial charge in [0.1, 0.15) is 0 Å². The molecule has 1 fully saturated rings. The maximum atomic E-state index is 3.77. The van der Waals surface area contributed by atoms with Crippen LogP contribution in [0.5, 0.6) is 0 Å². The van der Waals surface area contributed by atoms with Crippen molar-refractivity contribution >= 4 is 11.8 Å². The molecule has 0 aromatic heterocycles. The maximum absolute atomic E-state index is 3.77. The second-order valence-corrected chi connectivity index (χ2v) is 7.30. The quantitative estimate of drug-likeness (QED) is 0.717. The average molecular weight is 273 g/mol. The van der Waals surface area contributed by atoms with Gasteiger partial charge in [0.2, 0.25) is 0 Å². The van der Waals surface area contributed by atoms with Crippen molar-refractivity contribution in [1.82, 2.24) is 10.2 Å². The van der Waals surface area contributed by atoms with Gasteiger partial charge in [-0.3, -0.25) is 4.90 Å². The van der Waals surface area contributed by atoms with Crippen LogP contribution in [0.25, 0.3) is 0 Å². The van der Waals surface area contributed by atoms with Crippen LogP contribution in [-0.2, 0) is 0 Å². The summed E-state index contributed by atoms with van der Waals surface area (Å²) in [4.78, 5) is 2.74. The summed E-state index contributed by atoms with van der Waals surface area (Å²) in [7, 11) is 0. The Kier molecular flexibility index (Phi) is 7.66. The Hall–Kier alpha value is 0.270. The van der Waals surface area contributed by atoms with Crippen LogP contribution in [0.1, 0.15) is 41.0 Å². The zero-order valence-electron chi connectivity index (χ0n) is 12.9. The number of thioether (sulfide) groups is 1. The van der Waals surface area contributed by atoms with Crippen molar-refractivity contribution in [2.45, 2.75) is 53.1 Å². The van der Waals surface area contributed by atoms with E-state index in [9.17, 15) is 0 Å². The van der Waals surface area contributed by atoms with Gasteiger partial charge in [-0.1, -0.05) is 41.0 Å². The molecule has 3 unspecified atom stereocenters. The van der Waals surface area contributed by atoms with E-state index in [-0.39, 0.29) is 0 Å². The molecular weight excluding hydrogens is 240 g/mol. The third-order valence-electron chi connectivity index (χ3n) is 4.32. The van der Waals surface area contributed by atoms with Gasteiger partial charge in [-0.05, 0) is 17.6 Å². The van der Waals surface area contributed by atoms with E-state index in [1.807, 2.05) is 0 Å². The van der Waals surface area contributed by atoms with Crippen LogP contribution < -0.4 is 5.32 Å². The number of hydrogen-bond acceptors (Lipinski definition) is 3. The van der Waals surface area contributed by atoms with E-state index >= 15 is 0 Å². The monoisotopic (exact) mass is 272 g/mol. The number of hydrogen-bond donors (Lipinski definition) is 1. The van der Waals surface area contributed by atoms with Crippen molar-refractivity contribution in [2.75, 3.05) is 31.1 Å². The summed E-state index contributed by atoms with van der Waals surface area (Å²) in [5, 5.41) is 3.77. The topological polar surface area (TPSA) is 15.3 Å². The summed E-state index contributed by atoms with van der Waals surface area (Å²) in [6.45, 7) is 15.3. The van der Waals surface area contributed by atoms with Crippen molar-refractivity contribution < 1.29 is 0 Å². The fraction of sp³-hybridized carbons (Fsp3) is 1.00. The normalized spacial score (nSPS) is 27.7. The van der Waals surface area contributed by atoms with Crippen molar-refractivity contribution in [3.05, 3.63) is 0 Å². The Morgan fingerprint density at radius 2 is 2.00 bits per heavy atom. The third kappa shape index (κ3) is 4.75. The predicted molar refractivity (Wildman–Crippen MR) is 84.4 cm³/mol. The van der Waals surface area contributed by atoms with Crippen molar-refractivity contribution in [3.63, 3.8) is 0 Å². The molecule has 18 heavy (non-hydrogen) atoms. The van der Waals surface area contributed by atoms with Gasteiger partial charge >= 0.3 is 0 Å². The van der Waals surface area contributed by atoms with Gasteiger partial charge < -0.3 is 5.32 Å². The molecule has 0 radical (unpaired) electrons. The smallest absolute Gasteiger partial charge is 0.0244 e. The number of rotatable bonds is 7. The molecule has 1 heterocycles. The fourth-order valence-corrected chi connectivity index (χ4v) is 3.41. The van der Waals surface area contributed by atoms with E-state index in [4.69, 9.17) is 0 Å². The summed E-state index contributed by atoms with van der Waals surface area (Å²) in [6, 6.07) is 1.42. The predicted octanol–water partition coefficient (Wildman–Crippen LogP) is 3.08. The van der Waals surface area contributed by atoms with Crippen LogP contribution in [0, 0.1) is 11.8 Å². The van der Waals surface area contributed by atoms with Gasteiger partial charge in [0.15, 0.2) is 0 Å². The first-order valence-corrected chi connectivity index (χ1v) is 8.80. The van der Waals surface area contributed by atoms with E-state index in [1.54, 1.807) is 0 Å². The first kappa shape index (κ1) is 16.3. The molecular formula is C15H32N2S. The number of nitrogens with one attached hydrogen (secondary N) is 1. The highest BCUT2D eigenvalue weighted by molar-refractivity contribution is 7.99. The lowest BCUT2D eigenvalue weighted by molar-refractivity contribution is 0.0884. The van der Waals surface area contributed by atoms with Crippen LogP contribution in [0.15, 0.2) is 0 Å². The van der Waals surface area contributed by atoms with Crippen molar-refractivity contribution in [2.24, 2.45) is 11.8 Å². The van der Waals surface area contributed by atoms with Gasteiger partial charge in [0.25, 0.3) is 0 Å². The van der Waals surface area contributed by atoms with Crippen molar-refractivity contribution in [1.29, 1.82) is 0 Å². The standard InChI is InChI=1S/C15H32N2S/c1-6-13(5)14-11-17(8-9-18-7-2)15(10-16-14)12(3)4/h12-16H,6-11H2,1-5H3. The summed E-state index contributed by atoms with van der Waals surface area (Å²) in [5.74, 6) is 4.07. The molecule has 0 spiro atoms. The first-order chi connectivity index (χ1) is 8.60. The molecule has 0 aromatic carbocycles. The molecule has 3 atom stereocenters. The molecule has 1 rings (SSSR count). The van der Waals surface area contributed by atoms with Crippen LogP contribution in [0.2, 0.25) is 0 Å². The minimum atomic E-state index is 0.691. The molecule has 2 nitrogen and oxygen atoms in total. The Labute approximate surface area is 118 Å². The molecule has 1 aliphatic rings. The molecule has 1 saturated heterocycles. The Balaban J connectivity index is 2.52. The second kappa shape index (κ2) is 8.44. The van der Waals surface area contributed by atoms with Gasteiger partial charge in [0, 0.05) is 37.5 Å². The Morgan fingerprint density at radius 1 is 1.28 bits per heavy atom. The summed E-state index contributed by atoms with van der Waals surface area (Å²) in [5.41, 5.74) is 0. The van der Waals surface area contributed by atoms with E-state index < -0.39 is 0 Å². The van der Waals surface area contributed by atoms with E-state index in [2.05, 4.69) is 56.6 Å². The highest BCUT2D eigenvalue weighted by atomic mass is 32.2.